The number of nitrogens with zero attached hydrogens (tertiary/aromatic N) is 1. The molecule has 4 atom stereocenters. The number of benzene rings is 1. The number of para-hydroxylation sites is 1. The summed E-state index contributed by atoms with van der Waals surface area (Å²) in [5.41, 5.74) is 2.71. The number of rotatable bonds is 5. The summed E-state index contributed by atoms with van der Waals surface area (Å²) in [6.07, 6.45) is 3.59. The first-order valence-corrected chi connectivity index (χ1v) is 9.57. The predicted octanol–water partition coefficient (Wildman–Crippen LogP) is 2.89. The Morgan fingerprint density at radius 1 is 1.31 bits per heavy atom. The van der Waals surface area contributed by atoms with Crippen LogP contribution in [0.25, 0.3) is 10.9 Å². The number of amides is 1. The first-order chi connectivity index (χ1) is 12.8. The molecule has 1 aliphatic heterocycles. The van der Waals surface area contributed by atoms with Crippen LogP contribution in [0.5, 0.6) is 0 Å². The molecule has 5 rings (SSSR count). The Hall–Kier alpha value is -1.98. The van der Waals surface area contributed by atoms with Gasteiger partial charge in [-0.2, -0.15) is 0 Å². The van der Waals surface area contributed by atoms with Gasteiger partial charge in [0.1, 0.15) is 0 Å². The van der Waals surface area contributed by atoms with Crippen molar-refractivity contribution in [2.45, 2.75) is 37.3 Å². The Kier molecular flexibility index (Phi) is 3.94. The molecule has 5 nitrogen and oxygen atoms in total. The van der Waals surface area contributed by atoms with Gasteiger partial charge in [0.25, 0.3) is 5.91 Å². The van der Waals surface area contributed by atoms with Gasteiger partial charge in [-0.05, 0) is 31.4 Å². The van der Waals surface area contributed by atoms with E-state index >= 15 is 0 Å². The standard InChI is InChI=1S/C21H24N2O3/c1-25-11-16-19(14-8-9-26-20(14)16)23-21(24)15-10-18(12-6-7-12)22-17-5-3-2-4-13(15)17/h2-5,10,12,14,16,19-20H,6-9,11H2,1H3,(H,23,24)/t14-,16+,19+,20-/m0/s1. The average molecular weight is 352 g/mol. The van der Waals surface area contributed by atoms with Crippen molar-refractivity contribution in [3.63, 3.8) is 0 Å². The van der Waals surface area contributed by atoms with E-state index in [2.05, 4.69) is 5.32 Å². The number of pyridine rings is 1. The van der Waals surface area contributed by atoms with Crippen LogP contribution in [0.1, 0.15) is 41.2 Å². The third-order valence-electron chi connectivity index (χ3n) is 6.16. The maximum Gasteiger partial charge on any atom is 0.252 e. The predicted molar refractivity (Wildman–Crippen MR) is 98.2 cm³/mol. The minimum atomic E-state index is 0.00181. The summed E-state index contributed by atoms with van der Waals surface area (Å²) >= 11 is 0. The van der Waals surface area contributed by atoms with Gasteiger partial charge in [0.05, 0.1) is 23.8 Å². The molecule has 26 heavy (non-hydrogen) atoms. The van der Waals surface area contributed by atoms with E-state index in [4.69, 9.17) is 14.5 Å². The van der Waals surface area contributed by atoms with Crippen molar-refractivity contribution in [2.75, 3.05) is 20.3 Å². The van der Waals surface area contributed by atoms with Crippen molar-refractivity contribution in [1.82, 2.24) is 10.3 Å². The summed E-state index contributed by atoms with van der Waals surface area (Å²) in [7, 11) is 1.71. The molecule has 1 aromatic heterocycles. The molecule has 1 amide bonds. The Balaban J connectivity index is 1.45. The van der Waals surface area contributed by atoms with E-state index in [1.54, 1.807) is 7.11 Å². The van der Waals surface area contributed by atoms with Crippen LogP contribution in [0.15, 0.2) is 30.3 Å². The van der Waals surface area contributed by atoms with Gasteiger partial charge < -0.3 is 14.8 Å². The molecule has 1 saturated heterocycles. The van der Waals surface area contributed by atoms with Crippen LogP contribution in [-0.2, 0) is 9.47 Å². The second-order valence-electron chi connectivity index (χ2n) is 7.79. The van der Waals surface area contributed by atoms with Crippen LogP contribution in [0.3, 0.4) is 0 Å². The number of fused-ring (bicyclic) bond motifs is 2. The molecule has 3 fully saturated rings. The highest BCUT2D eigenvalue weighted by Crippen LogP contribution is 2.44. The SMILES string of the molecule is COC[C@@H]1[C@H](NC(=O)c2cc(C3CC3)nc3ccccc23)[C@@H]2CCO[C@H]12. The summed E-state index contributed by atoms with van der Waals surface area (Å²) in [4.78, 5) is 17.9. The average Bonchev–Trinajstić information content (AvgIpc) is 3.43. The van der Waals surface area contributed by atoms with Crippen molar-refractivity contribution in [3.8, 4) is 0 Å². The highest BCUT2D eigenvalue weighted by atomic mass is 16.5. The molecule has 0 spiro atoms. The number of hydrogen-bond donors (Lipinski definition) is 1. The van der Waals surface area contributed by atoms with Gasteiger partial charge in [-0.1, -0.05) is 18.2 Å². The first kappa shape index (κ1) is 16.2. The minimum Gasteiger partial charge on any atom is -0.384 e. The quantitative estimate of drug-likeness (QED) is 0.899. The zero-order chi connectivity index (χ0) is 17.7. The Morgan fingerprint density at radius 2 is 2.15 bits per heavy atom. The van der Waals surface area contributed by atoms with Crippen LogP contribution in [0.2, 0.25) is 0 Å². The number of carbonyl (C=O) groups excluding carboxylic acids is 1. The summed E-state index contributed by atoms with van der Waals surface area (Å²) in [5, 5.41) is 4.22. The molecule has 5 heteroatoms. The number of methoxy groups -OCH3 is 1. The molecular weight excluding hydrogens is 328 g/mol. The van der Waals surface area contributed by atoms with Gasteiger partial charge >= 0.3 is 0 Å². The fraction of sp³-hybridized carbons (Fsp3) is 0.524. The van der Waals surface area contributed by atoms with Crippen LogP contribution >= 0.6 is 0 Å². The third-order valence-corrected chi connectivity index (χ3v) is 6.16. The van der Waals surface area contributed by atoms with Crippen LogP contribution < -0.4 is 5.32 Å². The topological polar surface area (TPSA) is 60.5 Å². The molecule has 136 valence electrons. The van der Waals surface area contributed by atoms with E-state index in [1.807, 2.05) is 30.3 Å². The minimum absolute atomic E-state index is 0.00181. The maximum absolute atomic E-state index is 13.2. The number of carbonyl (C=O) groups is 1. The molecule has 2 heterocycles. The van der Waals surface area contributed by atoms with Gasteiger partial charge in [-0.25, -0.2) is 0 Å². The maximum atomic E-state index is 13.2. The highest BCUT2D eigenvalue weighted by Gasteiger charge is 2.54. The van der Waals surface area contributed by atoms with Crippen molar-refractivity contribution in [3.05, 3.63) is 41.6 Å². The molecule has 1 aromatic carbocycles. The first-order valence-electron chi connectivity index (χ1n) is 9.57. The second-order valence-corrected chi connectivity index (χ2v) is 7.79. The molecule has 0 bridgehead atoms. The van der Waals surface area contributed by atoms with E-state index in [1.165, 1.54) is 12.8 Å². The van der Waals surface area contributed by atoms with Gasteiger partial charge in [-0.15, -0.1) is 0 Å². The number of hydrogen-bond acceptors (Lipinski definition) is 4. The lowest BCUT2D eigenvalue weighted by molar-refractivity contribution is -0.0809. The summed E-state index contributed by atoms with van der Waals surface area (Å²) in [5.74, 6) is 1.17. The van der Waals surface area contributed by atoms with Crippen molar-refractivity contribution < 1.29 is 14.3 Å². The fourth-order valence-electron chi connectivity index (χ4n) is 4.64. The number of aromatic nitrogens is 1. The largest absolute Gasteiger partial charge is 0.384 e. The molecule has 2 aliphatic carbocycles. The van der Waals surface area contributed by atoms with Gasteiger partial charge in [0.2, 0.25) is 0 Å². The normalized spacial score (nSPS) is 30.0. The summed E-state index contributed by atoms with van der Waals surface area (Å²) < 4.78 is 11.2. The van der Waals surface area contributed by atoms with E-state index in [-0.39, 0.29) is 24.0 Å². The monoisotopic (exact) mass is 352 g/mol. The van der Waals surface area contributed by atoms with Crippen molar-refractivity contribution in [1.29, 1.82) is 0 Å². The van der Waals surface area contributed by atoms with E-state index < -0.39 is 0 Å². The molecule has 0 unspecified atom stereocenters. The van der Waals surface area contributed by atoms with E-state index in [9.17, 15) is 4.79 Å². The Morgan fingerprint density at radius 3 is 2.96 bits per heavy atom. The Labute approximate surface area is 153 Å². The lowest BCUT2D eigenvalue weighted by atomic mass is 9.67. The molecule has 3 aliphatic rings. The second kappa shape index (κ2) is 6.32. The van der Waals surface area contributed by atoms with Crippen LogP contribution in [0.4, 0.5) is 0 Å². The Bertz CT molecular complexity index is 848. The third kappa shape index (κ3) is 2.61. The van der Waals surface area contributed by atoms with E-state index in [0.29, 0.717) is 18.4 Å². The molecule has 2 aromatic rings. The molecule has 2 saturated carbocycles. The lowest BCUT2D eigenvalue weighted by Crippen LogP contribution is -2.62. The lowest BCUT2D eigenvalue weighted by Gasteiger charge is -2.47. The van der Waals surface area contributed by atoms with Gasteiger partial charge in [0.15, 0.2) is 0 Å². The molecule has 0 radical (unpaired) electrons. The molecule has 1 N–H and O–H groups in total. The van der Waals surface area contributed by atoms with Crippen molar-refractivity contribution >= 4 is 16.8 Å². The van der Waals surface area contributed by atoms with Crippen molar-refractivity contribution in [2.24, 2.45) is 11.8 Å². The number of nitrogens with one attached hydrogen (secondary N) is 1. The zero-order valence-electron chi connectivity index (χ0n) is 15.0. The van der Waals surface area contributed by atoms with Gasteiger partial charge in [0, 0.05) is 48.6 Å². The van der Waals surface area contributed by atoms with Crippen LogP contribution in [-0.4, -0.2) is 43.4 Å². The zero-order valence-corrected chi connectivity index (χ0v) is 15.0. The smallest absolute Gasteiger partial charge is 0.252 e. The van der Waals surface area contributed by atoms with Crippen LogP contribution in [0, 0.1) is 11.8 Å². The highest BCUT2D eigenvalue weighted by molar-refractivity contribution is 6.06. The fourth-order valence-corrected chi connectivity index (χ4v) is 4.64. The van der Waals surface area contributed by atoms with E-state index in [0.717, 1.165) is 35.2 Å². The summed E-state index contributed by atoms with van der Waals surface area (Å²) in [6.45, 7) is 1.41. The summed E-state index contributed by atoms with van der Waals surface area (Å²) in [6, 6.07) is 10.1. The van der Waals surface area contributed by atoms with Gasteiger partial charge in [-0.3, -0.25) is 9.78 Å². The number of ether oxygens (including phenoxy) is 2. The molecular formula is C21H24N2O3.